The van der Waals surface area contributed by atoms with Gasteiger partial charge in [-0.15, -0.1) is 0 Å². The number of hydrogen-bond donors (Lipinski definition) is 1. The second kappa shape index (κ2) is 4.96. The van der Waals surface area contributed by atoms with Crippen molar-refractivity contribution in [3.05, 3.63) is 53.6 Å². The zero-order chi connectivity index (χ0) is 13.2. The quantitative estimate of drug-likeness (QED) is 0.776. The third-order valence-corrected chi connectivity index (χ3v) is 3.76. The van der Waals surface area contributed by atoms with E-state index in [2.05, 4.69) is 48.2 Å². The van der Waals surface area contributed by atoms with Crippen LogP contribution in [0, 0.1) is 6.92 Å². The van der Waals surface area contributed by atoms with E-state index in [-0.39, 0.29) is 0 Å². The lowest BCUT2D eigenvalue weighted by atomic mass is 10.1. The van der Waals surface area contributed by atoms with Gasteiger partial charge in [0.05, 0.1) is 0 Å². The normalized spacial score (nSPS) is 14.9. The highest BCUT2D eigenvalue weighted by Crippen LogP contribution is 2.33. The summed E-state index contributed by atoms with van der Waals surface area (Å²) in [4.78, 5) is 2.41. The van der Waals surface area contributed by atoms with Crippen LogP contribution in [0.2, 0.25) is 0 Å². The predicted molar refractivity (Wildman–Crippen MR) is 82.0 cm³/mol. The van der Waals surface area contributed by atoms with Gasteiger partial charge >= 0.3 is 0 Å². The van der Waals surface area contributed by atoms with Crippen molar-refractivity contribution >= 4 is 17.1 Å². The molecule has 19 heavy (non-hydrogen) atoms. The summed E-state index contributed by atoms with van der Waals surface area (Å²) in [6.07, 6.45) is 3.66. The molecule has 0 unspecified atom stereocenters. The molecule has 2 nitrogen and oxygen atoms in total. The Morgan fingerprint density at radius 3 is 2.74 bits per heavy atom. The summed E-state index contributed by atoms with van der Waals surface area (Å²) < 4.78 is 0. The average Bonchev–Trinajstić information content (AvgIpc) is 2.59. The average molecular weight is 252 g/mol. The second-order valence-corrected chi connectivity index (χ2v) is 5.34. The number of benzene rings is 2. The lowest BCUT2D eigenvalue weighted by Gasteiger charge is -2.25. The van der Waals surface area contributed by atoms with Crippen LogP contribution in [0.4, 0.5) is 17.1 Å². The molecule has 0 atom stereocenters. The first-order valence-corrected chi connectivity index (χ1v) is 6.97. The summed E-state index contributed by atoms with van der Waals surface area (Å²) in [5, 5.41) is 0. The highest BCUT2D eigenvalue weighted by molar-refractivity contribution is 5.70. The number of nitrogens with two attached hydrogens (primary N) is 1. The van der Waals surface area contributed by atoms with Crippen LogP contribution in [0.5, 0.6) is 0 Å². The highest BCUT2D eigenvalue weighted by Gasteiger charge is 2.16. The van der Waals surface area contributed by atoms with Gasteiger partial charge in [0.15, 0.2) is 0 Å². The first-order chi connectivity index (χ1) is 9.24. The lowest BCUT2D eigenvalue weighted by molar-refractivity contribution is 0.761. The highest BCUT2D eigenvalue weighted by atomic mass is 15.1. The Labute approximate surface area is 114 Å². The molecule has 1 aliphatic rings. The Morgan fingerprint density at radius 1 is 1.05 bits per heavy atom. The summed E-state index contributed by atoms with van der Waals surface area (Å²) in [6.45, 7) is 3.17. The molecular weight excluding hydrogens is 232 g/mol. The number of nitrogen functional groups attached to an aromatic ring is 1. The summed E-state index contributed by atoms with van der Waals surface area (Å²) in [5.74, 6) is 0. The molecule has 2 aromatic rings. The SMILES string of the molecule is Cc1cc(N)cc(N2CCCCc3ccccc32)c1. The Kier molecular flexibility index (Phi) is 3.16. The molecule has 0 aromatic heterocycles. The van der Waals surface area contributed by atoms with Gasteiger partial charge in [-0.05, 0) is 61.6 Å². The maximum Gasteiger partial charge on any atom is 0.0443 e. The predicted octanol–water partition coefficient (Wildman–Crippen LogP) is 4.05. The molecule has 0 radical (unpaired) electrons. The van der Waals surface area contributed by atoms with Gasteiger partial charge in [0.2, 0.25) is 0 Å². The lowest BCUT2D eigenvalue weighted by Crippen LogP contribution is -2.18. The van der Waals surface area contributed by atoms with Crippen molar-refractivity contribution in [3.8, 4) is 0 Å². The van der Waals surface area contributed by atoms with Gasteiger partial charge in [0, 0.05) is 23.6 Å². The molecule has 0 fully saturated rings. The van der Waals surface area contributed by atoms with E-state index in [4.69, 9.17) is 5.73 Å². The molecule has 1 aliphatic heterocycles. The Hall–Kier alpha value is -1.96. The fourth-order valence-corrected chi connectivity index (χ4v) is 2.91. The number of hydrogen-bond acceptors (Lipinski definition) is 2. The molecule has 0 saturated carbocycles. The number of fused-ring (bicyclic) bond motifs is 1. The van der Waals surface area contributed by atoms with Crippen LogP contribution in [-0.2, 0) is 6.42 Å². The van der Waals surface area contributed by atoms with Gasteiger partial charge in [-0.3, -0.25) is 0 Å². The van der Waals surface area contributed by atoms with Crippen LogP contribution in [0.25, 0.3) is 0 Å². The Bertz CT molecular complexity index is 569. The fraction of sp³-hybridized carbons (Fsp3) is 0.294. The van der Waals surface area contributed by atoms with E-state index in [0.717, 1.165) is 12.2 Å². The largest absolute Gasteiger partial charge is 0.399 e. The van der Waals surface area contributed by atoms with Gasteiger partial charge in [-0.1, -0.05) is 18.2 Å². The van der Waals surface area contributed by atoms with Crippen LogP contribution in [-0.4, -0.2) is 6.54 Å². The van der Waals surface area contributed by atoms with Crippen molar-refractivity contribution in [1.29, 1.82) is 0 Å². The third kappa shape index (κ3) is 2.43. The van der Waals surface area contributed by atoms with Gasteiger partial charge in [0.25, 0.3) is 0 Å². The van der Waals surface area contributed by atoms with Crippen LogP contribution in [0.15, 0.2) is 42.5 Å². The first-order valence-electron chi connectivity index (χ1n) is 6.97. The van der Waals surface area contributed by atoms with Gasteiger partial charge in [0.1, 0.15) is 0 Å². The number of rotatable bonds is 1. The molecule has 0 saturated heterocycles. The molecule has 0 spiro atoms. The second-order valence-electron chi connectivity index (χ2n) is 5.34. The van der Waals surface area contributed by atoms with Crippen molar-refractivity contribution in [2.24, 2.45) is 0 Å². The fourth-order valence-electron chi connectivity index (χ4n) is 2.91. The summed E-state index contributed by atoms with van der Waals surface area (Å²) in [6, 6.07) is 15.0. The molecule has 0 aliphatic carbocycles. The van der Waals surface area contributed by atoms with Crippen molar-refractivity contribution in [1.82, 2.24) is 0 Å². The molecule has 2 heteroatoms. The van der Waals surface area contributed by atoms with E-state index < -0.39 is 0 Å². The standard InChI is InChI=1S/C17H20N2/c1-13-10-15(18)12-16(11-13)19-9-5-4-7-14-6-2-3-8-17(14)19/h2-3,6,8,10-12H,4-5,7,9,18H2,1H3. The molecule has 2 aromatic carbocycles. The van der Waals surface area contributed by atoms with Gasteiger partial charge in [-0.2, -0.15) is 0 Å². The maximum atomic E-state index is 6.00. The molecule has 0 amide bonds. The smallest absolute Gasteiger partial charge is 0.0443 e. The Balaban J connectivity index is 2.09. The van der Waals surface area contributed by atoms with Gasteiger partial charge in [-0.25, -0.2) is 0 Å². The van der Waals surface area contributed by atoms with E-state index in [1.807, 2.05) is 6.07 Å². The first kappa shape index (κ1) is 12.1. The molecule has 98 valence electrons. The molecular formula is C17H20N2. The van der Waals surface area contributed by atoms with E-state index in [1.54, 1.807) is 0 Å². The minimum Gasteiger partial charge on any atom is -0.399 e. The van der Waals surface area contributed by atoms with Crippen LogP contribution >= 0.6 is 0 Å². The number of anilines is 3. The summed E-state index contributed by atoms with van der Waals surface area (Å²) in [5.41, 5.74) is 12.1. The number of nitrogens with zero attached hydrogens (tertiary/aromatic N) is 1. The van der Waals surface area contributed by atoms with Crippen LogP contribution < -0.4 is 10.6 Å². The number of para-hydroxylation sites is 1. The van der Waals surface area contributed by atoms with E-state index in [0.29, 0.717) is 0 Å². The Morgan fingerprint density at radius 2 is 1.89 bits per heavy atom. The summed E-state index contributed by atoms with van der Waals surface area (Å²) >= 11 is 0. The van der Waals surface area contributed by atoms with Crippen molar-refractivity contribution in [2.45, 2.75) is 26.2 Å². The van der Waals surface area contributed by atoms with Crippen LogP contribution in [0.1, 0.15) is 24.0 Å². The van der Waals surface area contributed by atoms with Crippen LogP contribution in [0.3, 0.4) is 0 Å². The van der Waals surface area contributed by atoms with Crippen molar-refractivity contribution < 1.29 is 0 Å². The van der Waals surface area contributed by atoms with E-state index >= 15 is 0 Å². The molecule has 0 bridgehead atoms. The minimum atomic E-state index is 0.844. The molecule has 2 N–H and O–H groups in total. The monoisotopic (exact) mass is 252 g/mol. The summed E-state index contributed by atoms with van der Waals surface area (Å²) in [7, 11) is 0. The van der Waals surface area contributed by atoms with Gasteiger partial charge < -0.3 is 10.6 Å². The maximum absolute atomic E-state index is 6.00. The zero-order valence-electron chi connectivity index (χ0n) is 11.4. The minimum absolute atomic E-state index is 0.844. The number of aryl methyl sites for hydroxylation is 2. The van der Waals surface area contributed by atoms with E-state index in [9.17, 15) is 0 Å². The molecule has 3 rings (SSSR count). The van der Waals surface area contributed by atoms with Crippen molar-refractivity contribution in [2.75, 3.05) is 17.2 Å². The van der Waals surface area contributed by atoms with Crippen molar-refractivity contribution in [3.63, 3.8) is 0 Å². The third-order valence-electron chi connectivity index (χ3n) is 3.76. The topological polar surface area (TPSA) is 29.3 Å². The zero-order valence-corrected chi connectivity index (χ0v) is 11.4. The van der Waals surface area contributed by atoms with E-state index in [1.165, 1.54) is 41.8 Å². The molecule has 1 heterocycles.